The van der Waals surface area contributed by atoms with Gasteiger partial charge in [0.25, 0.3) is 5.91 Å². The maximum Gasteiger partial charge on any atom is 0.273 e. The minimum Gasteiger partial charge on any atom is -0.481 e. The Morgan fingerprint density at radius 2 is 2.06 bits per heavy atom. The third kappa shape index (κ3) is 4.45. The number of nitrogens with zero attached hydrogens (tertiary/aromatic N) is 4. The molecule has 10 heteroatoms. The van der Waals surface area contributed by atoms with E-state index in [4.69, 9.17) is 9.26 Å². The number of ether oxygens (including phenoxy) is 1. The average Bonchev–Trinajstić information content (AvgIpc) is 3.39. The van der Waals surface area contributed by atoms with Gasteiger partial charge in [0, 0.05) is 43.2 Å². The molecule has 1 atom stereocenters. The van der Waals surface area contributed by atoms with Gasteiger partial charge in [-0.05, 0) is 31.2 Å². The number of aryl methyl sites for hydroxylation is 2. The molecule has 0 fully saturated rings. The number of hydrogen-bond acceptors (Lipinski definition) is 6. The monoisotopic (exact) mass is 453 g/mol. The van der Waals surface area contributed by atoms with Crippen molar-refractivity contribution in [1.29, 1.82) is 0 Å². The minimum atomic E-state index is -0.813. The molecule has 170 valence electrons. The molecule has 0 radical (unpaired) electrons. The number of benzene rings is 1. The normalized spacial score (nSPS) is 11.9. The highest BCUT2D eigenvalue weighted by Gasteiger charge is 2.27. The lowest BCUT2D eigenvalue weighted by Crippen LogP contribution is -2.29. The minimum absolute atomic E-state index is 0.00466. The van der Waals surface area contributed by atoms with E-state index < -0.39 is 17.5 Å². The maximum absolute atomic E-state index is 14.0. The summed E-state index contributed by atoms with van der Waals surface area (Å²) in [5.74, 6) is -1.81. The summed E-state index contributed by atoms with van der Waals surface area (Å²) in [6.07, 6.45) is 1.67. The van der Waals surface area contributed by atoms with Crippen molar-refractivity contribution in [3.8, 4) is 17.2 Å². The quantitative estimate of drug-likeness (QED) is 0.459. The molecule has 8 nitrogen and oxygen atoms in total. The van der Waals surface area contributed by atoms with E-state index >= 15 is 0 Å². The summed E-state index contributed by atoms with van der Waals surface area (Å²) in [4.78, 5) is 17.2. The van der Waals surface area contributed by atoms with Crippen molar-refractivity contribution in [2.45, 2.75) is 12.8 Å². The van der Waals surface area contributed by atoms with Crippen LogP contribution in [0.2, 0.25) is 0 Å². The summed E-state index contributed by atoms with van der Waals surface area (Å²) in [5, 5.41) is 11.0. The summed E-state index contributed by atoms with van der Waals surface area (Å²) < 4.78 is 39.5. The van der Waals surface area contributed by atoms with E-state index in [0.29, 0.717) is 5.88 Å². The van der Waals surface area contributed by atoms with Gasteiger partial charge in [0.15, 0.2) is 11.5 Å². The van der Waals surface area contributed by atoms with Crippen molar-refractivity contribution >= 4 is 5.91 Å². The molecule has 0 saturated heterocycles. The van der Waals surface area contributed by atoms with Crippen LogP contribution in [0.1, 0.15) is 33.4 Å². The molecule has 3 heterocycles. The van der Waals surface area contributed by atoms with Gasteiger partial charge in [-0.25, -0.2) is 13.5 Å². The van der Waals surface area contributed by atoms with Gasteiger partial charge in [-0.15, -0.1) is 0 Å². The smallest absolute Gasteiger partial charge is 0.273 e. The third-order valence-corrected chi connectivity index (χ3v) is 5.21. The Kier molecular flexibility index (Phi) is 6.16. The molecule has 0 spiro atoms. The number of carbonyl (C=O) groups is 1. The molecule has 1 aromatic carbocycles. The van der Waals surface area contributed by atoms with E-state index in [-0.39, 0.29) is 29.5 Å². The van der Waals surface area contributed by atoms with Gasteiger partial charge >= 0.3 is 0 Å². The first-order valence-corrected chi connectivity index (χ1v) is 10.1. The number of carbonyl (C=O) groups excluding carboxylic acids is 1. The van der Waals surface area contributed by atoms with Crippen LogP contribution < -0.4 is 10.1 Å². The van der Waals surface area contributed by atoms with Gasteiger partial charge in [0.05, 0.1) is 24.3 Å². The molecule has 33 heavy (non-hydrogen) atoms. The first-order chi connectivity index (χ1) is 15.9. The predicted molar refractivity (Wildman–Crippen MR) is 115 cm³/mol. The van der Waals surface area contributed by atoms with Crippen LogP contribution in [0.4, 0.5) is 8.78 Å². The molecular formula is C23H21F2N5O3. The van der Waals surface area contributed by atoms with Crippen molar-refractivity contribution in [2.75, 3.05) is 13.7 Å². The van der Waals surface area contributed by atoms with Crippen LogP contribution in [0.5, 0.6) is 5.88 Å². The molecule has 1 amide bonds. The van der Waals surface area contributed by atoms with Crippen LogP contribution >= 0.6 is 0 Å². The number of hydrogen-bond donors (Lipinski definition) is 1. The molecule has 4 aromatic rings. The third-order valence-electron chi connectivity index (χ3n) is 5.21. The van der Waals surface area contributed by atoms with Gasteiger partial charge in [-0.3, -0.25) is 9.78 Å². The first-order valence-electron chi connectivity index (χ1n) is 10.1. The molecule has 0 saturated carbocycles. The Morgan fingerprint density at radius 1 is 1.24 bits per heavy atom. The number of pyridine rings is 1. The average molecular weight is 453 g/mol. The fourth-order valence-electron chi connectivity index (χ4n) is 3.72. The highest BCUT2D eigenvalue weighted by molar-refractivity contribution is 5.93. The SMILES string of the molecule is COc1c(C(CNC(=O)c2cc(-c3ccc(F)cc3F)on2)c2ccccn2)c(C)nn1C. The molecule has 0 aliphatic heterocycles. The molecule has 1 N–H and O–H groups in total. The van der Waals surface area contributed by atoms with Crippen LogP contribution in [0.25, 0.3) is 11.3 Å². The lowest BCUT2D eigenvalue weighted by Gasteiger charge is -2.18. The Hall–Kier alpha value is -4.08. The zero-order valence-corrected chi connectivity index (χ0v) is 18.2. The number of amides is 1. The standard InChI is InChI=1S/C23H21F2N5O3/c1-13-21(23(32-3)30(2)28-13)16(18-6-4-5-9-26-18)12-27-22(31)19-11-20(33-29-19)15-8-7-14(24)10-17(15)25/h4-11,16H,12H2,1-3H3,(H,27,31). The van der Waals surface area contributed by atoms with Crippen LogP contribution in [0, 0.1) is 18.6 Å². The lowest BCUT2D eigenvalue weighted by molar-refractivity contribution is 0.0943. The van der Waals surface area contributed by atoms with E-state index in [9.17, 15) is 13.6 Å². The summed E-state index contributed by atoms with van der Waals surface area (Å²) in [6.45, 7) is 2.03. The lowest BCUT2D eigenvalue weighted by atomic mass is 9.95. The van der Waals surface area contributed by atoms with E-state index in [2.05, 4.69) is 20.6 Å². The van der Waals surface area contributed by atoms with E-state index in [1.54, 1.807) is 31.1 Å². The predicted octanol–water partition coefficient (Wildman–Crippen LogP) is 3.63. The van der Waals surface area contributed by atoms with Crippen molar-refractivity contribution in [1.82, 2.24) is 25.2 Å². The number of methoxy groups -OCH3 is 1. The van der Waals surface area contributed by atoms with Gasteiger partial charge < -0.3 is 14.6 Å². The molecule has 0 bridgehead atoms. The number of halogens is 2. The van der Waals surface area contributed by atoms with Crippen molar-refractivity contribution in [3.05, 3.63) is 82.9 Å². The van der Waals surface area contributed by atoms with Crippen LogP contribution in [0.3, 0.4) is 0 Å². The van der Waals surface area contributed by atoms with Gasteiger partial charge in [-0.2, -0.15) is 5.10 Å². The maximum atomic E-state index is 14.0. The van der Waals surface area contributed by atoms with E-state index in [1.807, 2.05) is 19.1 Å². The van der Waals surface area contributed by atoms with Crippen LogP contribution in [-0.2, 0) is 7.05 Å². The fourth-order valence-corrected chi connectivity index (χ4v) is 3.72. The second kappa shape index (κ2) is 9.19. The van der Waals surface area contributed by atoms with E-state index in [1.165, 1.54) is 12.1 Å². The summed E-state index contributed by atoms with van der Waals surface area (Å²) in [7, 11) is 3.33. The largest absolute Gasteiger partial charge is 0.481 e. The van der Waals surface area contributed by atoms with Crippen molar-refractivity contribution < 1.29 is 22.8 Å². The van der Waals surface area contributed by atoms with Gasteiger partial charge in [-0.1, -0.05) is 11.2 Å². The molecule has 0 aliphatic rings. The van der Waals surface area contributed by atoms with Crippen LogP contribution in [-0.4, -0.2) is 39.5 Å². The molecule has 1 unspecified atom stereocenters. The topological polar surface area (TPSA) is 95.1 Å². The second-order valence-corrected chi connectivity index (χ2v) is 7.35. The van der Waals surface area contributed by atoms with Gasteiger partial charge in [0.1, 0.15) is 11.6 Å². The highest BCUT2D eigenvalue weighted by atomic mass is 19.1. The number of aromatic nitrogens is 4. The zero-order valence-electron chi connectivity index (χ0n) is 18.2. The number of rotatable bonds is 7. The molecule has 3 aromatic heterocycles. The summed E-state index contributed by atoms with van der Waals surface area (Å²) in [6, 6.07) is 9.88. The second-order valence-electron chi connectivity index (χ2n) is 7.35. The van der Waals surface area contributed by atoms with Crippen LogP contribution in [0.15, 0.2) is 53.2 Å². The summed E-state index contributed by atoms with van der Waals surface area (Å²) >= 11 is 0. The first kappa shape index (κ1) is 22.1. The Bertz CT molecular complexity index is 1290. The fraction of sp³-hybridized carbons (Fsp3) is 0.217. The Labute approximate surface area is 188 Å². The van der Waals surface area contributed by atoms with Crippen molar-refractivity contribution in [2.24, 2.45) is 7.05 Å². The van der Waals surface area contributed by atoms with E-state index in [0.717, 1.165) is 29.1 Å². The van der Waals surface area contributed by atoms with Gasteiger partial charge in [0.2, 0.25) is 5.88 Å². The molecular weight excluding hydrogens is 432 g/mol. The van der Waals surface area contributed by atoms with Crippen molar-refractivity contribution in [3.63, 3.8) is 0 Å². The molecule has 4 rings (SSSR count). The Balaban J connectivity index is 1.58. The zero-order chi connectivity index (χ0) is 23.5. The Morgan fingerprint density at radius 3 is 2.76 bits per heavy atom. The summed E-state index contributed by atoms with van der Waals surface area (Å²) in [5.41, 5.74) is 2.23. The highest BCUT2D eigenvalue weighted by Crippen LogP contribution is 2.33. The number of nitrogens with one attached hydrogen (secondary N) is 1. The molecule has 0 aliphatic carbocycles.